The predicted molar refractivity (Wildman–Crippen MR) is 112 cm³/mol. The van der Waals surface area contributed by atoms with Crippen LogP contribution in [0.1, 0.15) is 22.8 Å². The molecule has 0 aliphatic carbocycles. The number of halogens is 1. The Morgan fingerprint density at radius 2 is 1.80 bits per heavy atom. The molecular weight excluding hydrogens is 413 g/mol. The van der Waals surface area contributed by atoms with Crippen LogP contribution in [-0.2, 0) is 19.7 Å². The molecule has 1 N–H and O–H groups in total. The SMILES string of the molecule is CCOC(=O)c1ccc(C)c(NC(=O)CN(c2ccccc2F)S(=O)(=O)N(C)C)c1. The lowest BCUT2D eigenvalue weighted by Crippen LogP contribution is -2.44. The van der Waals surface area contributed by atoms with Gasteiger partial charge in [0.05, 0.1) is 17.9 Å². The Hall–Kier alpha value is -2.98. The molecule has 1 amide bonds. The molecule has 0 radical (unpaired) electrons. The van der Waals surface area contributed by atoms with Gasteiger partial charge in [0, 0.05) is 19.8 Å². The molecule has 2 aromatic rings. The summed E-state index contributed by atoms with van der Waals surface area (Å²) in [6, 6.07) is 9.91. The van der Waals surface area contributed by atoms with Crippen LogP contribution in [0.25, 0.3) is 0 Å². The second-order valence-corrected chi connectivity index (χ2v) is 8.61. The summed E-state index contributed by atoms with van der Waals surface area (Å²) in [5, 5.41) is 2.58. The minimum atomic E-state index is -4.15. The first-order chi connectivity index (χ1) is 14.1. The molecule has 0 heterocycles. The summed E-state index contributed by atoms with van der Waals surface area (Å²) < 4.78 is 46.2. The summed E-state index contributed by atoms with van der Waals surface area (Å²) >= 11 is 0. The Morgan fingerprint density at radius 3 is 2.40 bits per heavy atom. The number of carbonyl (C=O) groups excluding carboxylic acids is 2. The largest absolute Gasteiger partial charge is 0.462 e. The quantitative estimate of drug-likeness (QED) is 0.641. The number of carbonyl (C=O) groups is 2. The zero-order valence-corrected chi connectivity index (χ0v) is 18.0. The molecule has 0 saturated heterocycles. The van der Waals surface area contributed by atoms with Crippen molar-refractivity contribution in [1.29, 1.82) is 0 Å². The summed E-state index contributed by atoms with van der Waals surface area (Å²) in [6.07, 6.45) is 0. The number of benzene rings is 2. The third-order valence-corrected chi connectivity index (χ3v) is 5.98. The molecule has 0 aliphatic heterocycles. The van der Waals surface area contributed by atoms with Crippen molar-refractivity contribution >= 4 is 33.5 Å². The maximum absolute atomic E-state index is 14.3. The van der Waals surface area contributed by atoms with Gasteiger partial charge in [0.2, 0.25) is 5.91 Å². The molecule has 0 saturated carbocycles. The van der Waals surface area contributed by atoms with Gasteiger partial charge in [-0.3, -0.25) is 4.79 Å². The van der Waals surface area contributed by atoms with E-state index >= 15 is 0 Å². The van der Waals surface area contributed by atoms with E-state index in [1.165, 1.54) is 38.4 Å². The second-order valence-electron chi connectivity index (χ2n) is 6.55. The van der Waals surface area contributed by atoms with E-state index in [0.717, 1.165) is 10.4 Å². The Morgan fingerprint density at radius 1 is 1.13 bits per heavy atom. The summed E-state index contributed by atoms with van der Waals surface area (Å²) in [4.78, 5) is 24.6. The van der Waals surface area contributed by atoms with Gasteiger partial charge in [0.1, 0.15) is 12.4 Å². The fourth-order valence-electron chi connectivity index (χ4n) is 2.56. The lowest BCUT2D eigenvalue weighted by Gasteiger charge is -2.27. The monoisotopic (exact) mass is 437 g/mol. The molecule has 0 aliphatic rings. The average molecular weight is 437 g/mol. The zero-order chi connectivity index (χ0) is 22.5. The number of anilines is 2. The van der Waals surface area contributed by atoms with Crippen LogP contribution >= 0.6 is 0 Å². The summed E-state index contributed by atoms with van der Waals surface area (Å²) in [5.74, 6) is -2.03. The van der Waals surface area contributed by atoms with E-state index in [1.54, 1.807) is 26.0 Å². The average Bonchev–Trinajstić information content (AvgIpc) is 2.68. The highest BCUT2D eigenvalue weighted by Gasteiger charge is 2.29. The normalized spacial score (nSPS) is 11.3. The number of aryl methyl sites for hydroxylation is 1. The van der Waals surface area contributed by atoms with Crippen LogP contribution in [0.5, 0.6) is 0 Å². The number of hydrogen-bond acceptors (Lipinski definition) is 5. The van der Waals surface area contributed by atoms with Crippen LogP contribution in [0.4, 0.5) is 15.8 Å². The van der Waals surface area contributed by atoms with Crippen LogP contribution in [0.3, 0.4) is 0 Å². The van der Waals surface area contributed by atoms with Crippen LogP contribution in [0, 0.1) is 12.7 Å². The molecular formula is C20H24FN3O5S. The molecule has 2 rings (SSSR count). The summed E-state index contributed by atoms with van der Waals surface area (Å²) in [7, 11) is -1.58. The van der Waals surface area contributed by atoms with E-state index in [-0.39, 0.29) is 17.9 Å². The highest BCUT2D eigenvalue weighted by molar-refractivity contribution is 7.90. The fourth-order valence-corrected chi connectivity index (χ4v) is 3.63. The molecule has 10 heteroatoms. The first kappa shape index (κ1) is 23.3. The lowest BCUT2D eigenvalue weighted by atomic mass is 10.1. The summed E-state index contributed by atoms with van der Waals surface area (Å²) in [5.41, 5.74) is 0.966. The highest BCUT2D eigenvalue weighted by atomic mass is 32.2. The van der Waals surface area contributed by atoms with E-state index in [9.17, 15) is 22.4 Å². The first-order valence-corrected chi connectivity index (χ1v) is 10.5. The lowest BCUT2D eigenvalue weighted by molar-refractivity contribution is -0.114. The zero-order valence-electron chi connectivity index (χ0n) is 17.2. The van der Waals surface area contributed by atoms with Gasteiger partial charge in [-0.1, -0.05) is 18.2 Å². The standard InChI is InChI=1S/C20H24FN3O5S/c1-5-29-20(26)15-11-10-14(2)17(12-15)22-19(25)13-24(30(27,28)23(3)4)18-9-7-6-8-16(18)21/h6-12H,5,13H2,1-4H3,(H,22,25). The van der Waals surface area contributed by atoms with Gasteiger partial charge in [0.15, 0.2) is 0 Å². The van der Waals surface area contributed by atoms with Gasteiger partial charge in [-0.2, -0.15) is 12.7 Å². The van der Waals surface area contributed by atoms with Crippen molar-refractivity contribution in [2.75, 3.05) is 36.9 Å². The number of esters is 1. The van der Waals surface area contributed by atoms with Crippen LogP contribution < -0.4 is 9.62 Å². The molecule has 2 aromatic carbocycles. The molecule has 0 bridgehead atoms. The first-order valence-electron chi connectivity index (χ1n) is 9.10. The molecule has 0 atom stereocenters. The third-order valence-electron chi connectivity index (χ3n) is 4.17. The minimum absolute atomic E-state index is 0.203. The number of hydrogen-bond donors (Lipinski definition) is 1. The van der Waals surface area contributed by atoms with E-state index in [1.807, 2.05) is 0 Å². The van der Waals surface area contributed by atoms with E-state index in [0.29, 0.717) is 15.6 Å². The van der Waals surface area contributed by atoms with Gasteiger partial charge in [-0.25, -0.2) is 13.5 Å². The summed E-state index contributed by atoms with van der Waals surface area (Å²) in [6.45, 7) is 2.94. The second kappa shape index (κ2) is 9.68. The Balaban J connectivity index is 2.32. The van der Waals surface area contributed by atoms with Crippen molar-refractivity contribution in [3.05, 3.63) is 59.4 Å². The van der Waals surface area contributed by atoms with Gasteiger partial charge in [-0.15, -0.1) is 0 Å². The van der Waals surface area contributed by atoms with Gasteiger partial charge < -0.3 is 10.1 Å². The number of rotatable bonds is 8. The van der Waals surface area contributed by atoms with Crippen molar-refractivity contribution in [2.24, 2.45) is 0 Å². The van der Waals surface area contributed by atoms with Gasteiger partial charge >= 0.3 is 16.2 Å². The van der Waals surface area contributed by atoms with Crippen molar-refractivity contribution in [3.8, 4) is 0 Å². The minimum Gasteiger partial charge on any atom is -0.462 e. The maximum atomic E-state index is 14.3. The fraction of sp³-hybridized carbons (Fsp3) is 0.300. The topological polar surface area (TPSA) is 96.0 Å². The Kier molecular flexibility index (Phi) is 7.52. The van der Waals surface area contributed by atoms with Crippen LogP contribution in [0.2, 0.25) is 0 Å². The van der Waals surface area contributed by atoms with Crippen molar-refractivity contribution in [2.45, 2.75) is 13.8 Å². The molecule has 30 heavy (non-hydrogen) atoms. The smallest absolute Gasteiger partial charge is 0.338 e. The maximum Gasteiger partial charge on any atom is 0.338 e. The predicted octanol–water partition coefficient (Wildman–Crippen LogP) is 2.56. The van der Waals surface area contributed by atoms with Crippen LogP contribution in [-0.4, -0.2) is 51.8 Å². The molecule has 0 spiro atoms. The Labute approximate surface area is 175 Å². The van der Waals surface area contributed by atoms with Crippen molar-refractivity contribution in [1.82, 2.24) is 4.31 Å². The van der Waals surface area contributed by atoms with E-state index in [4.69, 9.17) is 4.74 Å². The molecule has 0 aromatic heterocycles. The molecule has 162 valence electrons. The van der Waals surface area contributed by atoms with Gasteiger partial charge in [0.25, 0.3) is 0 Å². The molecule has 8 nitrogen and oxygen atoms in total. The number of nitrogens with zero attached hydrogens (tertiary/aromatic N) is 2. The number of amides is 1. The van der Waals surface area contributed by atoms with Gasteiger partial charge in [-0.05, 0) is 43.7 Å². The number of nitrogens with one attached hydrogen (secondary N) is 1. The molecule has 0 unspecified atom stereocenters. The highest BCUT2D eigenvalue weighted by Crippen LogP contribution is 2.23. The number of para-hydroxylation sites is 1. The van der Waals surface area contributed by atoms with E-state index < -0.39 is 34.4 Å². The van der Waals surface area contributed by atoms with Crippen LogP contribution in [0.15, 0.2) is 42.5 Å². The molecule has 0 fully saturated rings. The Bertz CT molecular complexity index is 1040. The van der Waals surface area contributed by atoms with Crippen molar-refractivity contribution < 1.29 is 27.1 Å². The number of ether oxygens (including phenoxy) is 1. The van der Waals surface area contributed by atoms with Crippen molar-refractivity contribution in [3.63, 3.8) is 0 Å². The third kappa shape index (κ3) is 5.33. The van der Waals surface area contributed by atoms with E-state index in [2.05, 4.69) is 5.32 Å².